The van der Waals surface area contributed by atoms with Crippen LogP contribution in [0.25, 0.3) is 10.4 Å². The van der Waals surface area contributed by atoms with Crippen LogP contribution in [0.4, 0.5) is 10.6 Å². The van der Waals surface area contributed by atoms with Gasteiger partial charge in [0, 0.05) is 49.2 Å². The van der Waals surface area contributed by atoms with Crippen molar-refractivity contribution < 1.29 is 38.6 Å². The SMILES string of the molecule is Cc1ncsc1-c1ccc([C@H](C)NC(=O)[C@@H]2C[C@@H](O)CN2C(=O)[C@@H](NC(=O)CCOCCNC(=O)c2ccc(C(=O)Nc3n[nH]c4c3CN(C(=O)N[C@H](CN(C)C)c3ccccc3)C4(C)C)cc2)C(C)(C)C)cc1. The van der Waals surface area contributed by atoms with Crippen molar-refractivity contribution in [3.63, 3.8) is 0 Å². The number of fused-ring (bicyclic) bond motifs is 1. The molecule has 4 heterocycles. The highest BCUT2D eigenvalue weighted by atomic mass is 32.1. The Balaban J connectivity index is 0.837. The molecule has 20 heteroatoms. The number of likely N-dealkylation sites (N-methyl/N-ethyl adjacent to an activating group) is 1. The van der Waals surface area contributed by atoms with Gasteiger partial charge >= 0.3 is 6.03 Å². The molecule has 1 fully saturated rings. The first-order valence-corrected chi connectivity index (χ1v) is 25.7. The van der Waals surface area contributed by atoms with E-state index in [0.29, 0.717) is 29.1 Å². The zero-order valence-electron chi connectivity index (χ0n) is 43.6. The number of urea groups is 1. The number of aryl methyl sites for hydroxylation is 1. The van der Waals surface area contributed by atoms with Gasteiger partial charge in [0.25, 0.3) is 11.8 Å². The van der Waals surface area contributed by atoms with Gasteiger partial charge in [-0.2, -0.15) is 5.10 Å². The van der Waals surface area contributed by atoms with Crippen LogP contribution in [0, 0.1) is 12.3 Å². The van der Waals surface area contributed by atoms with Crippen molar-refractivity contribution in [3.05, 3.63) is 124 Å². The van der Waals surface area contributed by atoms with Gasteiger partial charge in [0.2, 0.25) is 17.7 Å². The number of anilines is 1. The number of H-pyrrole nitrogens is 1. The Morgan fingerprint density at radius 1 is 0.905 bits per heavy atom. The molecule has 0 unspecified atom stereocenters. The lowest BCUT2D eigenvalue weighted by molar-refractivity contribution is -0.144. The molecule has 2 aliphatic rings. The van der Waals surface area contributed by atoms with Gasteiger partial charge < -0.3 is 51.1 Å². The molecule has 0 spiro atoms. The fourth-order valence-corrected chi connectivity index (χ4v) is 10.1. The second kappa shape index (κ2) is 23.5. The molecule has 0 bridgehead atoms. The summed E-state index contributed by atoms with van der Waals surface area (Å²) in [5, 5.41) is 32.7. The predicted octanol–water partition coefficient (Wildman–Crippen LogP) is 5.66. The van der Waals surface area contributed by atoms with E-state index in [-0.39, 0.29) is 69.7 Å². The van der Waals surface area contributed by atoms with E-state index in [1.807, 2.05) is 122 Å². The molecule has 0 radical (unpaired) electrons. The van der Waals surface area contributed by atoms with E-state index in [9.17, 15) is 33.9 Å². The number of β-amino-alcohol motifs (C(OH)–C–C–N with tert-alkyl or cyclic N) is 1. The Morgan fingerprint density at radius 2 is 1.58 bits per heavy atom. The number of rotatable bonds is 19. The first kappa shape index (κ1) is 54.8. The van der Waals surface area contributed by atoms with Crippen LogP contribution in [0.15, 0.2) is 84.4 Å². The molecule has 7 amide bonds. The summed E-state index contributed by atoms with van der Waals surface area (Å²) in [6.07, 6.45) is -0.909. The number of benzene rings is 3. The molecule has 7 N–H and O–H groups in total. The second-order valence-electron chi connectivity index (χ2n) is 20.8. The van der Waals surface area contributed by atoms with Gasteiger partial charge in [-0.15, -0.1) is 11.3 Å². The highest BCUT2D eigenvalue weighted by Crippen LogP contribution is 2.41. The highest BCUT2D eigenvalue weighted by molar-refractivity contribution is 7.13. The molecule has 394 valence electrons. The van der Waals surface area contributed by atoms with Crippen LogP contribution >= 0.6 is 11.3 Å². The van der Waals surface area contributed by atoms with E-state index in [2.05, 4.69) is 41.8 Å². The predicted molar refractivity (Wildman–Crippen MR) is 282 cm³/mol. The van der Waals surface area contributed by atoms with E-state index in [1.54, 1.807) is 21.7 Å². The van der Waals surface area contributed by atoms with Crippen molar-refractivity contribution >= 4 is 52.7 Å². The van der Waals surface area contributed by atoms with E-state index < -0.39 is 52.8 Å². The fourth-order valence-electron chi connectivity index (χ4n) is 9.26. The van der Waals surface area contributed by atoms with Gasteiger partial charge in [-0.1, -0.05) is 75.4 Å². The topological polar surface area (TPSA) is 243 Å². The van der Waals surface area contributed by atoms with E-state index >= 15 is 0 Å². The van der Waals surface area contributed by atoms with Crippen LogP contribution in [0.2, 0.25) is 0 Å². The summed E-state index contributed by atoms with van der Waals surface area (Å²) < 4.78 is 5.65. The van der Waals surface area contributed by atoms with E-state index in [1.165, 1.54) is 29.2 Å². The van der Waals surface area contributed by atoms with Crippen molar-refractivity contribution in [2.24, 2.45) is 5.41 Å². The molecule has 3 aromatic carbocycles. The van der Waals surface area contributed by atoms with Crippen LogP contribution in [-0.4, -0.2) is 136 Å². The van der Waals surface area contributed by atoms with Crippen LogP contribution in [-0.2, 0) is 31.2 Å². The van der Waals surface area contributed by atoms with Gasteiger partial charge in [-0.05, 0) is 88.2 Å². The number of hydrogen-bond acceptors (Lipinski definition) is 12. The number of aromatic amines is 1. The Labute approximate surface area is 436 Å². The molecule has 19 nitrogen and oxygen atoms in total. The van der Waals surface area contributed by atoms with Crippen molar-refractivity contribution in [1.82, 2.24) is 51.1 Å². The molecule has 5 atom stereocenters. The van der Waals surface area contributed by atoms with Crippen molar-refractivity contribution in [2.75, 3.05) is 52.3 Å². The average molecular weight is 1030 g/mol. The first-order chi connectivity index (χ1) is 35.1. The minimum absolute atomic E-state index is 0.0140. The number of ether oxygens (including phenoxy) is 1. The molecule has 2 aromatic heterocycles. The van der Waals surface area contributed by atoms with E-state index in [0.717, 1.165) is 33.0 Å². The van der Waals surface area contributed by atoms with E-state index in [4.69, 9.17) is 4.74 Å². The number of thiazole rings is 1. The van der Waals surface area contributed by atoms with Gasteiger partial charge in [-0.25, -0.2) is 9.78 Å². The number of amides is 7. The Kier molecular flexibility index (Phi) is 17.4. The van der Waals surface area contributed by atoms with Gasteiger partial charge in [-0.3, -0.25) is 29.1 Å². The lowest BCUT2D eigenvalue weighted by atomic mass is 9.85. The molecule has 1 saturated heterocycles. The van der Waals surface area contributed by atoms with Crippen LogP contribution in [0.3, 0.4) is 0 Å². The minimum atomic E-state index is -0.996. The third kappa shape index (κ3) is 13.0. The zero-order valence-corrected chi connectivity index (χ0v) is 44.4. The third-order valence-corrected chi connectivity index (χ3v) is 14.4. The maximum atomic E-state index is 14.1. The second-order valence-corrected chi connectivity index (χ2v) is 21.6. The monoisotopic (exact) mass is 1030 g/mol. The number of nitrogens with zero attached hydrogens (tertiary/aromatic N) is 5. The number of aliphatic hydroxyl groups is 1. The fraction of sp³-hybridized carbons (Fsp3) is 0.444. The number of aromatic nitrogens is 3. The zero-order chi connectivity index (χ0) is 53.5. The molecular weight excluding hydrogens is 963 g/mol. The molecule has 7 rings (SSSR count). The number of likely N-dealkylation sites (tertiary alicyclic amines) is 1. The Morgan fingerprint density at radius 3 is 2.22 bits per heavy atom. The van der Waals surface area contributed by atoms with Crippen LogP contribution in [0.1, 0.15) is 115 Å². The number of nitrogens with one attached hydrogen (secondary N) is 6. The summed E-state index contributed by atoms with van der Waals surface area (Å²) in [5.41, 5.74) is 6.21. The third-order valence-electron chi connectivity index (χ3n) is 13.5. The number of carbonyl (C=O) groups excluding carboxylic acids is 6. The molecule has 0 aliphatic carbocycles. The Hall–Kier alpha value is -7.00. The number of carbonyl (C=O) groups is 6. The standard InChI is InChI=1S/C54H69N11O8S/c1-32(34-15-17-36(18-16-34)44-33(2)56-31-74-44)57-50(70)42-27-39(66)28-64(42)51(71)46(53(3,4)5)59-43(67)23-25-73-26-24-55-48(68)37-19-21-38(22-20-37)49(69)60-47-40-29-65(54(6,7)45(40)61-62-47)52(72)58-41(30-63(8)9)35-13-11-10-12-14-35/h10-22,31-32,39,41-42,46,66H,23-30H2,1-9H3,(H,55,68)(H,57,70)(H,58,72)(H,59,67)(H2,60,61,62,69)/t32-,39+,41+,42-,46+/m0/s1. The highest BCUT2D eigenvalue weighted by Gasteiger charge is 2.46. The molecule has 0 saturated carbocycles. The molecule has 74 heavy (non-hydrogen) atoms. The maximum Gasteiger partial charge on any atom is 0.319 e. The van der Waals surface area contributed by atoms with Crippen molar-refractivity contribution in [1.29, 1.82) is 0 Å². The molecule has 5 aromatic rings. The molecular formula is C54H69N11O8S. The first-order valence-electron chi connectivity index (χ1n) is 24.8. The van der Waals surface area contributed by atoms with Crippen LogP contribution in [0.5, 0.6) is 0 Å². The number of aliphatic hydroxyl groups excluding tert-OH is 1. The quantitative estimate of drug-likeness (QED) is 0.0498. The largest absolute Gasteiger partial charge is 0.391 e. The summed E-state index contributed by atoms with van der Waals surface area (Å²) in [6.45, 7) is 14.2. The van der Waals surface area contributed by atoms with Gasteiger partial charge in [0.15, 0.2) is 5.82 Å². The summed E-state index contributed by atoms with van der Waals surface area (Å²) in [6, 6.07) is 21.0. The lowest BCUT2D eigenvalue weighted by Gasteiger charge is -2.35. The minimum Gasteiger partial charge on any atom is -0.391 e. The van der Waals surface area contributed by atoms with Crippen molar-refractivity contribution in [3.8, 4) is 10.4 Å². The summed E-state index contributed by atoms with van der Waals surface area (Å²) in [4.78, 5) is 91.7. The maximum absolute atomic E-state index is 14.1. The normalized spacial score (nSPS) is 17.3. The van der Waals surface area contributed by atoms with Gasteiger partial charge in [0.05, 0.1) is 65.3 Å². The van der Waals surface area contributed by atoms with Crippen molar-refractivity contribution in [2.45, 2.75) is 104 Å². The van der Waals surface area contributed by atoms with Crippen LogP contribution < -0.4 is 26.6 Å². The molecule has 2 aliphatic heterocycles. The lowest BCUT2D eigenvalue weighted by Crippen LogP contribution is -2.58. The van der Waals surface area contributed by atoms with Gasteiger partial charge in [0.1, 0.15) is 12.1 Å². The smallest absolute Gasteiger partial charge is 0.319 e. The Bertz CT molecular complexity index is 2790. The summed E-state index contributed by atoms with van der Waals surface area (Å²) in [5.74, 6) is -1.81. The number of hydrogen-bond donors (Lipinski definition) is 7. The average Bonchev–Trinajstić information content (AvgIpc) is 4.15. The summed E-state index contributed by atoms with van der Waals surface area (Å²) in [7, 11) is 3.91. The summed E-state index contributed by atoms with van der Waals surface area (Å²) >= 11 is 1.56.